The average Bonchev–Trinajstić information content (AvgIpc) is 2.86. The molecule has 0 aliphatic heterocycles. The zero-order valence-corrected chi connectivity index (χ0v) is 9.19. The van der Waals surface area contributed by atoms with Crippen molar-refractivity contribution in [2.75, 3.05) is 5.73 Å². The summed E-state index contributed by atoms with van der Waals surface area (Å²) in [5, 5.41) is 27.5. The third-order valence-corrected chi connectivity index (χ3v) is 3.39. The molecule has 2 aromatic rings. The predicted molar refractivity (Wildman–Crippen MR) is 62.2 cm³/mol. The molecule has 1 aromatic carbocycles. The van der Waals surface area contributed by atoms with Crippen LogP contribution in [-0.4, -0.2) is 37.4 Å². The molecule has 1 aliphatic carbocycles. The van der Waals surface area contributed by atoms with Crippen LogP contribution in [0.15, 0.2) is 18.2 Å². The van der Waals surface area contributed by atoms with Crippen molar-refractivity contribution in [3.63, 3.8) is 0 Å². The van der Waals surface area contributed by atoms with Crippen LogP contribution >= 0.6 is 0 Å². The molecule has 1 aromatic heterocycles. The van der Waals surface area contributed by atoms with Gasteiger partial charge in [-0.25, -0.2) is 4.68 Å². The summed E-state index contributed by atoms with van der Waals surface area (Å²) in [7, 11) is 0. The predicted octanol–water partition coefficient (Wildman–Crippen LogP) is 0.0702. The number of fused-ring (bicyclic) bond motifs is 1. The van der Waals surface area contributed by atoms with Crippen LogP contribution in [0.2, 0.25) is 0 Å². The minimum atomic E-state index is -0.790. The van der Waals surface area contributed by atoms with Crippen LogP contribution in [0.3, 0.4) is 0 Å². The van der Waals surface area contributed by atoms with Gasteiger partial charge >= 0.3 is 0 Å². The smallest absolute Gasteiger partial charge is 0.136 e. The molecule has 6 heteroatoms. The maximum absolute atomic E-state index is 9.89. The standard InChI is InChI=1S/C11H14N4O2/c12-6-2-1-3-7-10(6)13-14-15(7)8-4-5-9(16)11(8)17/h1-3,8-9,11,16-17H,4-5,12H2. The molecule has 0 radical (unpaired) electrons. The van der Waals surface area contributed by atoms with Crippen molar-refractivity contribution in [3.05, 3.63) is 18.2 Å². The summed E-state index contributed by atoms with van der Waals surface area (Å²) in [5.41, 5.74) is 7.81. The van der Waals surface area contributed by atoms with E-state index in [0.29, 0.717) is 24.0 Å². The van der Waals surface area contributed by atoms with E-state index >= 15 is 0 Å². The first-order chi connectivity index (χ1) is 8.18. The van der Waals surface area contributed by atoms with E-state index in [1.807, 2.05) is 12.1 Å². The van der Waals surface area contributed by atoms with E-state index in [9.17, 15) is 10.2 Å². The third-order valence-electron chi connectivity index (χ3n) is 3.39. The monoisotopic (exact) mass is 234 g/mol. The lowest BCUT2D eigenvalue weighted by Crippen LogP contribution is -2.27. The van der Waals surface area contributed by atoms with E-state index in [4.69, 9.17) is 5.73 Å². The van der Waals surface area contributed by atoms with Gasteiger partial charge in [-0.2, -0.15) is 0 Å². The Morgan fingerprint density at radius 3 is 2.82 bits per heavy atom. The second-order valence-corrected chi connectivity index (χ2v) is 4.45. The summed E-state index contributed by atoms with van der Waals surface area (Å²) in [6, 6.07) is 5.23. The molecule has 1 heterocycles. The SMILES string of the molecule is Nc1cccc2c1nnn2C1CCC(O)C1O. The number of aliphatic hydroxyl groups is 2. The Kier molecular flexibility index (Phi) is 2.27. The van der Waals surface area contributed by atoms with Crippen molar-refractivity contribution in [3.8, 4) is 0 Å². The average molecular weight is 234 g/mol. The lowest BCUT2D eigenvalue weighted by molar-refractivity contribution is 0.0216. The molecule has 1 saturated carbocycles. The van der Waals surface area contributed by atoms with Gasteiger partial charge in [0.1, 0.15) is 11.6 Å². The van der Waals surface area contributed by atoms with Gasteiger partial charge in [0.25, 0.3) is 0 Å². The summed E-state index contributed by atoms with van der Waals surface area (Å²) in [6.45, 7) is 0. The largest absolute Gasteiger partial charge is 0.397 e. The Bertz CT molecular complexity index is 553. The molecule has 3 rings (SSSR count). The normalized spacial score (nSPS) is 28.9. The summed E-state index contributed by atoms with van der Waals surface area (Å²) in [5.74, 6) is 0. The van der Waals surface area contributed by atoms with E-state index < -0.39 is 12.2 Å². The quantitative estimate of drug-likeness (QED) is 0.607. The lowest BCUT2D eigenvalue weighted by Gasteiger charge is -2.16. The van der Waals surface area contributed by atoms with Gasteiger partial charge in [-0.05, 0) is 25.0 Å². The number of anilines is 1. The molecule has 3 unspecified atom stereocenters. The van der Waals surface area contributed by atoms with E-state index in [2.05, 4.69) is 10.3 Å². The topological polar surface area (TPSA) is 97.2 Å². The van der Waals surface area contributed by atoms with E-state index in [1.165, 1.54) is 0 Å². The molecule has 17 heavy (non-hydrogen) atoms. The number of nitrogens with two attached hydrogens (primary N) is 1. The lowest BCUT2D eigenvalue weighted by atomic mass is 10.2. The number of aromatic nitrogens is 3. The molecule has 0 saturated heterocycles. The van der Waals surface area contributed by atoms with Crippen molar-refractivity contribution >= 4 is 16.7 Å². The minimum Gasteiger partial charge on any atom is -0.397 e. The van der Waals surface area contributed by atoms with Crippen LogP contribution in [-0.2, 0) is 0 Å². The van der Waals surface area contributed by atoms with Gasteiger partial charge in [0.05, 0.1) is 23.3 Å². The fourth-order valence-electron chi connectivity index (χ4n) is 2.44. The van der Waals surface area contributed by atoms with Gasteiger partial charge in [-0.1, -0.05) is 11.3 Å². The fourth-order valence-corrected chi connectivity index (χ4v) is 2.44. The van der Waals surface area contributed by atoms with Crippen LogP contribution in [0.25, 0.3) is 11.0 Å². The van der Waals surface area contributed by atoms with E-state index in [0.717, 1.165) is 5.52 Å². The van der Waals surface area contributed by atoms with Crippen molar-refractivity contribution < 1.29 is 10.2 Å². The zero-order valence-electron chi connectivity index (χ0n) is 9.19. The van der Waals surface area contributed by atoms with Crippen molar-refractivity contribution in [1.82, 2.24) is 15.0 Å². The summed E-state index contributed by atoms with van der Waals surface area (Å²) in [6.07, 6.45) is -0.202. The Labute approximate surface area is 97.7 Å². The highest BCUT2D eigenvalue weighted by Crippen LogP contribution is 2.32. The number of nitrogens with zero attached hydrogens (tertiary/aromatic N) is 3. The molecule has 0 amide bonds. The Morgan fingerprint density at radius 1 is 1.29 bits per heavy atom. The van der Waals surface area contributed by atoms with Gasteiger partial charge in [0.2, 0.25) is 0 Å². The number of rotatable bonds is 1. The molecule has 0 spiro atoms. The summed E-state index contributed by atoms with van der Waals surface area (Å²) >= 11 is 0. The van der Waals surface area contributed by atoms with E-state index in [-0.39, 0.29) is 6.04 Å². The molecule has 3 atom stereocenters. The first-order valence-corrected chi connectivity index (χ1v) is 5.64. The number of aliphatic hydroxyl groups excluding tert-OH is 2. The Hall–Kier alpha value is -1.66. The van der Waals surface area contributed by atoms with Crippen LogP contribution in [0, 0.1) is 0 Å². The van der Waals surface area contributed by atoms with Gasteiger partial charge < -0.3 is 15.9 Å². The molecule has 0 bridgehead atoms. The highest BCUT2D eigenvalue weighted by molar-refractivity contribution is 5.86. The maximum Gasteiger partial charge on any atom is 0.136 e. The number of benzene rings is 1. The van der Waals surface area contributed by atoms with Crippen LogP contribution in [0.1, 0.15) is 18.9 Å². The van der Waals surface area contributed by atoms with Crippen molar-refractivity contribution in [2.45, 2.75) is 31.1 Å². The molecule has 1 aliphatic rings. The van der Waals surface area contributed by atoms with Crippen molar-refractivity contribution in [2.24, 2.45) is 0 Å². The van der Waals surface area contributed by atoms with Gasteiger partial charge in [0.15, 0.2) is 0 Å². The molecular weight excluding hydrogens is 220 g/mol. The first-order valence-electron chi connectivity index (χ1n) is 5.64. The van der Waals surface area contributed by atoms with Gasteiger partial charge in [-0.15, -0.1) is 5.10 Å². The highest BCUT2D eigenvalue weighted by atomic mass is 16.3. The fraction of sp³-hybridized carbons (Fsp3) is 0.455. The second kappa shape index (κ2) is 3.68. The second-order valence-electron chi connectivity index (χ2n) is 4.45. The maximum atomic E-state index is 9.89. The van der Waals surface area contributed by atoms with Gasteiger partial charge in [0, 0.05) is 0 Å². The summed E-state index contributed by atoms with van der Waals surface area (Å²) < 4.78 is 1.66. The highest BCUT2D eigenvalue weighted by Gasteiger charge is 2.36. The first kappa shape index (κ1) is 10.5. The number of nitrogen functional groups attached to an aromatic ring is 1. The molecule has 4 N–H and O–H groups in total. The van der Waals surface area contributed by atoms with Crippen LogP contribution in [0.5, 0.6) is 0 Å². The Balaban J connectivity index is 2.10. The zero-order chi connectivity index (χ0) is 12.0. The number of hydrogen-bond acceptors (Lipinski definition) is 5. The van der Waals surface area contributed by atoms with E-state index in [1.54, 1.807) is 10.7 Å². The molecule has 1 fully saturated rings. The van der Waals surface area contributed by atoms with Gasteiger partial charge in [-0.3, -0.25) is 0 Å². The number of hydrogen-bond donors (Lipinski definition) is 3. The Morgan fingerprint density at radius 2 is 2.12 bits per heavy atom. The third kappa shape index (κ3) is 1.49. The van der Waals surface area contributed by atoms with Crippen LogP contribution in [0.4, 0.5) is 5.69 Å². The molecule has 90 valence electrons. The summed E-state index contributed by atoms with van der Waals surface area (Å²) in [4.78, 5) is 0. The van der Waals surface area contributed by atoms with Crippen LogP contribution < -0.4 is 5.73 Å². The molecular formula is C11H14N4O2. The molecule has 6 nitrogen and oxygen atoms in total. The minimum absolute atomic E-state index is 0.225. The van der Waals surface area contributed by atoms with Crippen molar-refractivity contribution in [1.29, 1.82) is 0 Å².